The van der Waals surface area contributed by atoms with Crippen LogP contribution in [0.15, 0.2) is 24.3 Å². The van der Waals surface area contributed by atoms with Crippen LogP contribution in [0.4, 0.5) is 13.2 Å². The Labute approximate surface area is 121 Å². The summed E-state index contributed by atoms with van der Waals surface area (Å²) in [4.78, 5) is 0. The number of alkyl halides is 3. The Morgan fingerprint density at radius 3 is 2.67 bits per heavy atom. The molecule has 0 aromatic heterocycles. The first-order chi connectivity index (χ1) is 9.95. The van der Waals surface area contributed by atoms with Gasteiger partial charge in [-0.05, 0) is 48.6 Å². The number of hydrogen-bond donors (Lipinski definition) is 1. The third-order valence-corrected chi connectivity index (χ3v) is 4.15. The van der Waals surface area contributed by atoms with E-state index < -0.39 is 11.7 Å². The van der Waals surface area contributed by atoms with Crippen LogP contribution in [0.2, 0.25) is 0 Å². The maximum Gasteiger partial charge on any atom is 0.416 e. The maximum absolute atomic E-state index is 12.9. The number of hydrogen-bond acceptors (Lipinski definition) is 2. The highest BCUT2D eigenvalue weighted by Crippen LogP contribution is 2.35. The molecule has 2 aliphatic heterocycles. The molecule has 21 heavy (non-hydrogen) atoms. The second-order valence-corrected chi connectivity index (χ2v) is 5.71. The Kier molecular flexibility index (Phi) is 3.50. The molecule has 0 amide bonds. The van der Waals surface area contributed by atoms with E-state index in [1.165, 1.54) is 0 Å². The van der Waals surface area contributed by atoms with Gasteiger partial charge >= 0.3 is 6.18 Å². The molecular weight excluding hydrogens is 277 g/mol. The predicted octanol–water partition coefficient (Wildman–Crippen LogP) is 3.87. The monoisotopic (exact) mass is 292 g/mol. The molecule has 2 atom stereocenters. The summed E-state index contributed by atoms with van der Waals surface area (Å²) in [5.41, 5.74) is 0.761. The summed E-state index contributed by atoms with van der Waals surface area (Å²) >= 11 is 0. The molecule has 2 unspecified atom stereocenters. The predicted molar refractivity (Wildman–Crippen MR) is 73.3 cm³/mol. The summed E-state index contributed by atoms with van der Waals surface area (Å²) in [6, 6.07) is 6.03. The van der Waals surface area contributed by atoms with E-state index in [-0.39, 0.29) is 11.6 Å². The van der Waals surface area contributed by atoms with Crippen molar-refractivity contribution in [1.29, 1.82) is 5.26 Å². The molecule has 0 aliphatic carbocycles. The standard InChI is InChI=1S/C16H15F3N2/c17-16(18,19)13-5-10(9-20)4-11(6-13)12-7-14-2-1-3-15(8-12)21-14/h4-7,14-15,21H,1-3,8H2. The van der Waals surface area contributed by atoms with E-state index in [1.54, 1.807) is 6.07 Å². The molecule has 1 fully saturated rings. The second kappa shape index (κ2) is 5.19. The van der Waals surface area contributed by atoms with Crippen molar-refractivity contribution < 1.29 is 13.2 Å². The largest absolute Gasteiger partial charge is 0.416 e. The SMILES string of the molecule is N#Cc1cc(C2=CC3CCCC(C2)N3)cc(C(F)(F)F)c1. The van der Waals surface area contributed by atoms with Gasteiger partial charge < -0.3 is 5.32 Å². The summed E-state index contributed by atoms with van der Waals surface area (Å²) < 4.78 is 38.8. The summed E-state index contributed by atoms with van der Waals surface area (Å²) in [5.74, 6) is 0. The van der Waals surface area contributed by atoms with Crippen LogP contribution in [0.25, 0.3) is 5.57 Å². The number of benzene rings is 1. The van der Waals surface area contributed by atoms with Gasteiger partial charge in [0.15, 0.2) is 0 Å². The molecule has 2 heterocycles. The Bertz CT molecular complexity index is 625. The molecule has 0 saturated carbocycles. The zero-order valence-corrected chi connectivity index (χ0v) is 11.4. The van der Waals surface area contributed by atoms with Crippen LogP contribution in [0.1, 0.15) is 42.4 Å². The van der Waals surface area contributed by atoms with Crippen molar-refractivity contribution in [1.82, 2.24) is 5.32 Å². The Hall–Kier alpha value is -1.80. The molecule has 110 valence electrons. The lowest BCUT2D eigenvalue weighted by molar-refractivity contribution is -0.137. The normalized spacial score (nSPS) is 25.1. The molecule has 0 spiro atoms. The third-order valence-electron chi connectivity index (χ3n) is 4.15. The lowest BCUT2D eigenvalue weighted by Gasteiger charge is -2.35. The van der Waals surface area contributed by atoms with Gasteiger partial charge in [-0.3, -0.25) is 0 Å². The van der Waals surface area contributed by atoms with Crippen LogP contribution in [0.5, 0.6) is 0 Å². The fourth-order valence-corrected chi connectivity index (χ4v) is 3.18. The molecule has 1 N–H and O–H groups in total. The van der Waals surface area contributed by atoms with Crippen molar-refractivity contribution in [3.63, 3.8) is 0 Å². The molecule has 0 radical (unpaired) electrons. The molecular formula is C16H15F3N2. The van der Waals surface area contributed by atoms with Crippen molar-refractivity contribution in [2.75, 3.05) is 0 Å². The van der Waals surface area contributed by atoms with E-state index in [9.17, 15) is 13.2 Å². The summed E-state index contributed by atoms with van der Waals surface area (Å²) in [5, 5.41) is 12.4. The minimum atomic E-state index is -4.43. The average Bonchev–Trinajstić information content (AvgIpc) is 2.45. The van der Waals surface area contributed by atoms with Gasteiger partial charge in [-0.25, -0.2) is 0 Å². The fourth-order valence-electron chi connectivity index (χ4n) is 3.18. The molecule has 5 heteroatoms. The van der Waals surface area contributed by atoms with Crippen LogP contribution in [0, 0.1) is 11.3 Å². The maximum atomic E-state index is 12.9. The molecule has 1 aromatic carbocycles. The number of halogens is 3. The van der Waals surface area contributed by atoms with E-state index in [0.29, 0.717) is 11.6 Å². The molecule has 2 nitrogen and oxygen atoms in total. The summed E-state index contributed by atoms with van der Waals surface area (Å²) in [7, 11) is 0. The number of piperidine rings is 1. The van der Waals surface area contributed by atoms with Gasteiger partial charge in [-0.2, -0.15) is 18.4 Å². The molecule has 1 aromatic rings. The Morgan fingerprint density at radius 2 is 2.00 bits per heavy atom. The van der Waals surface area contributed by atoms with E-state index in [2.05, 4.69) is 5.32 Å². The lowest BCUT2D eigenvalue weighted by atomic mass is 9.84. The smallest absolute Gasteiger partial charge is 0.307 e. The number of nitriles is 1. The number of fused-ring (bicyclic) bond motifs is 2. The topological polar surface area (TPSA) is 35.8 Å². The van der Waals surface area contributed by atoms with Gasteiger partial charge in [0.25, 0.3) is 0 Å². The minimum Gasteiger partial charge on any atom is -0.307 e. The highest BCUT2D eigenvalue weighted by molar-refractivity contribution is 5.69. The van der Waals surface area contributed by atoms with Gasteiger partial charge in [-0.1, -0.05) is 12.5 Å². The number of nitrogens with zero attached hydrogens (tertiary/aromatic N) is 1. The van der Waals surface area contributed by atoms with E-state index in [4.69, 9.17) is 5.26 Å². The first-order valence-electron chi connectivity index (χ1n) is 7.05. The Morgan fingerprint density at radius 1 is 1.19 bits per heavy atom. The van der Waals surface area contributed by atoms with E-state index in [1.807, 2.05) is 12.1 Å². The first-order valence-corrected chi connectivity index (χ1v) is 7.05. The molecule has 2 aliphatic rings. The van der Waals surface area contributed by atoms with Crippen LogP contribution in [0.3, 0.4) is 0 Å². The van der Waals surface area contributed by atoms with E-state index in [0.717, 1.165) is 43.4 Å². The zero-order valence-electron chi connectivity index (χ0n) is 11.4. The lowest BCUT2D eigenvalue weighted by Crippen LogP contribution is -2.44. The highest BCUT2D eigenvalue weighted by Gasteiger charge is 2.32. The van der Waals surface area contributed by atoms with Gasteiger partial charge in [0.05, 0.1) is 17.2 Å². The molecule has 3 rings (SSSR count). The quantitative estimate of drug-likeness (QED) is 0.852. The van der Waals surface area contributed by atoms with E-state index >= 15 is 0 Å². The van der Waals surface area contributed by atoms with Crippen molar-refractivity contribution in [3.05, 3.63) is 41.0 Å². The zero-order chi connectivity index (χ0) is 15.0. The second-order valence-electron chi connectivity index (χ2n) is 5.71. The summed E-state index contributed by atoms with van der Waals surface area (Å²) in [6.07, 6.45) is 1.54. The molecule has 1 saturated heterocycles. The van der Waals surface area contributed by atoms with Crippen LogP contribution in [-0.4, -0.2) is 12.1 Å². The van der Waals surface area contributed by atoms with Crippen molar-refractivity contribution in [3.8, 4) is 6.07 Å². The Balaban J connectivity index is 2.02. The van der Waals surface area contributed by atoms with Gasteiger partial charge in [0.2, 0.25) is 0 Å². The van der Waals surface area contributed by atoms with Crippen molar-refractivity contribution in [2.24, 2.45) is 0 Å². The first kappa shape index (κ1) is 14.2. The number of nitrogens with one attached hydrogen (secondary N) is 1. The van der Waals surface area contributed by atoms with Gasteiger partial charge in [-0.15, -0.1) is 0 Å². The van der Waals surface area contributed by atoms with Crippen molar-refractivity contribution >= 4 is 5.57 Å². The summed E-state index contributed by atoms with van der Waals surface area (Å²) in [6.45, 7) is 0. The third kappa shape index (κ3) is 2.96. The van der Waals surface area contributed by atoms with Crippen molar-refractivity contribution in [2.45, 2.75) is 43.9 Å². The van der Waals surface area contributed by atoms with Crippen LogP contribution >= 0.6 is 0 Å². The highest BCUT2D eigenvalue weighted by atomic mass is 19.4. The van der Waals surface area contributed by atoms with Gasteiger partial charge in [0, 0.05) is 12.1 Å². The number of rotatable bonds is 1. The average molecular weight is 292 g/mol. The van der Waals surface area contributed by atoms with Crippen LogP contribution < -0.4 is 5.32 Å². The van der Waals surface area contributed by atoms with Crippen LogP contribution in [-0.2, 0) is 6.18 Å². The fraction of sp³-hybridized carbons (Fsp3) is 0.438. The molecule has 2 bridgehead atoms. The minimum absolute atomic E-state index is 0.0596. The van der Waals surface area contributed by atoms with Gasteiger partial charge in [0.1, 0.15) is 0 Å².